The summed E-state index contributed by atoms with van der Waals surface area (Å²) in [5, 5.41) is 13.1. The van der Waals surface area contributed by atoms with E-state index in [1.165, 1.54) is 16.2 Å². The highest BCUT2D eigenvalue weighted by molar-refractivity contribution is 7.09. The molecule has 1 amide bonds. The normalized spacial score (nSPS) is 19.3. The van der Waals surface area contributed by atoms with Gasteiger partial charge < -0.3 is 19.5 Å². The van der Waals surface area contributed by atoms with Crippen LogP contribution in [-0.2, 0) is 16.1 Å². The predicted octanol–water partition coefficient (Wildman–Crippen LogP) is 4.41. The Bertz CT molecular complexity index is 1210. The van der Waals surface area contributed by atoms with Crippen LogP contribution in [-0.4, -0.2) is 28.5 Å². The second-order valence-electron chi connectivity index (χ2n) is 7.49. The number of amides is 1. The molecule has 156 valence electrons. The molecule has 3 heterocycles. The van der Waals surface area contributed by atoms with Crippen molar-refractivity contribution in [3.63, 3.8) is 0 Å². The van der Waals surface area contributed by atoms with Crippen molar-refractivity contribution in [3.05, 3.63) is 87.1 Å². The average Bonchev–Trinajstić information content (AvgIpc) is 3.50. The maximum atomic E-state index is 13.1. The molecule has 6 nitrogen and oxygen atoms in total. The number of hydrogen-bond donors (Lipinski definition) is 1. The number of hydrogen-bond acceptors (Lipinski definition) is 6. The highest BCUT2D eigenvalue weighted by atomic mass is 32.1. The summed E-state index contributed by atoms with van der Waals surface area (Å²) in [5.41, 5.74) is 2.25. The summed E-state index contributed by atoms with van der Waals surface area (Å²) in [7, 11) is 0. The molecule has 0 spiro atoms. The second-order valence-corrected chi connectivity index (χ2v) is 8.52. The number of carbonyl (C=O) groups excluding carboxylic acids is 2. The van der Waals surface area contributed by atoms with Gasteiger partial charge in [-0.25, -0.2) is 0 Å². The van der Waals surface area contributed by atoms with Crippen LogP contribution >= 0.6 is 11.3 Å². The summed E-state index contributed by atoms with van der Waals surface area (Å²) < 4.78 is 10.7. The fourth-order valence-corrected chi connectivity index (χ4v) is 4.70. The number of Topliss-reactive ketones (excluding diaryl/α,β-unsaturated/α-hetero) is 1. The van der Waals surface area contributed by atoms with Crippen molar-refractivity contribution in [2.24, 2.45) is 0 Å². The summed E-state index contributed by atoms with van der Waals surface area (Å²) in [6.45, 7) is 2.35. The third-order valence-electron chi connectivity index (χ3n) is 5.45. The van der Waals surface area contributed by atoms with Gasteiger partial charge >= 0.3 is 0 Å². The van der Waals surface area contributed by atoms with E-state index in [9.17, 15) is 14.7 Å². The Hall–Kier alpha value is -3.58. The molecule has 0 radical (unpaired) electrons. The molecule has 1 aromatic heterocycles. The van der Waals surface area contributed by atoms with E-state index in [4.69, 9.17) is 9.47 Å². The molecule has 7 heteroatoms. The first-order valence-electron chi connectivity index (χ1n) is 9.80. The maximum Gasteiger partial charge on any atom is 0.295 e. The van der Waals surface area contributed by atoms with Crippen LogP contribution < -0.4 is 9.47 Å². The number of aryl methyl sites for hydroxylation is 1. The minimum absolute atomic E-state index is 0.0750. The fourth-order valence-electron chi connectivity index (χ4n) is 4.00. The van der Waals surface area contributed by atoms with E-state index in [2.05, 4.69) is 0 Å². The molecular formula is C24H19NO5S. The van der Waals surface area contributed by atoms with E-state index in [0.29, 0.717) is 23.6 Å². The van der Waals surface area contributed by atoms with E-state index in [1.807, 2.05) is 48.7 Å². The molecule has 5 rings (SSSR count). The second kappa shape index (κ2) is 7.59. The van der Waals surface area contributed by atoms with Gasteiger partial charge in [-0.1, -0.05) is 35.9 Å². The number of ether oxygens (including phenoxy) is 2. The van der Waals surface area contributed by atoms with E-state index >= 15 is 0 Å². The Kier molecular flexibility index (Phi) is 4.75. The molecular weight excluding hydrogens is 414 g/mol. The van der Waals surface area contributed by atoms with Crippen LogP contribution in [0.2, 0.25) is 0 Å². The van der Waals surface area contributed by atoms with Crippen molar-refractivity contribution < 1.29 is 24.2 Å². The Morgan fingerprint density at radius 2 is 1.94 bits per heavy atom. The molecule has 31 heavy (non-hydrogen) atoms. The number of aliphatic hydroxyl groups is 1. The largest absolute Gasteiger partial charge is 0.507 e. The Balaban J connectivity index is 1.65. The molecule has 0 aliphatic carbocycles. The van der Waals surface area contributed by atoms with Gasteiger partial charge in [0.15, 0.2) is 11.5 Å². The number of thiophene rings is 1. The Morgan fingerprint density at radius 3 is 2.71 bits per heavy atom. The van der Waals surface area contributed by atoms with Gasteiger partial charge in [0, 0.05) is 10.4 Å². The van der Waals surface area contributed by atoms with Crippen LogP contribution in [0, 0.1) is 6.92 Å². The minimum Gasteiger partial charge on any atom is -0.507 e. The molecule has 1 fully saturated rings. The number of benzene rings is 2. The molecule has 1 saturated heterocycles. The smallest absolute Gasteiger partial charge is 0.295 e. The molecule has 2 aromatic carbocycles. The van der Waals surface area contributed by atoms with Gasteiger partial charge in [0.05, 0.1) is 18.2 Å². The maximum absolute atomic E-state index is 13.1. The van der Waals surface area contributed by atoms with Gasteiger partial charge in [-0.05, 0) is 42.1 Å². The molecule has 0 saturated carbocycles. The monoisotopic (exact) mass is 433 g/mol. The molecule has 1 unspecified atom stereocenters. The van der Waals surface area contributed by atoms with Gasteiger partial charge in [0.1, 0.15) is 5.76 Å². The number of nitrogens with zero attached hydrogens (tertiary/aromatic N) is 1. The summed E-state index contributed by atoms with van der Waals surface area (Å²) in [4.78, 5) is 28.6. The third kappa shape index (κ3) is 3.37. The SMILES string of the molecule is Cc1cccc(C2/C(=C(/O)c3ccc4c(c3)OCO4)C(=O)C(=O)N2Cc2cccs2)c1. The quantitative estimate of drug-likeness (QED) is 0.375. The molecule has 1 N–H and O–H groups in total. The molecule has 1 atom stereocenters. The summed E-state index contributed by atoms with van der Waals surface area (Å²) >= 11 is 1.52. The van der Waals surface area contributed by atoms with E-state index < -0.39 is 17.7 Å². The lowest BCUT2D eigenvalue weighted by molar-refractivity contribution is -0.140. The number of rotatable bonds is 4. The summed E-state index contributed by atoms with van der Waals surface area (Å²) in [6, 6.07) is 15.8. The van der Waals surface area contributed by atoms with Gasteiger partial charge in [-0.2, -0.15) is 0 Å². The first-order valence-corrected chi connectivity index (χ1v) is 10.7. The zero-order valence-corrected chi connectivity index (χ0v) is 17.5. The number of fused-ring (bicyclic) bond motifs is 1. The highest BCUT2D eigenvalue weighted by Gasteiger charge is 2.46. The zero-order valence-electron chi connectivity index (χ0n) is 16.7. The van der Waals surface area contributed by atoms with Gasteiger partial charge in [-0.15, -0.1) is 11.3 Å². The predicted molar refractivity (Wildman–Crippen MR) is 116 cm³/mol. The molecule has 2 aliphatic rings. The van der Waals surface area contributed by atoms with Crippen LogP contribution in [0.1, 0.15) is 27.6 Å². The lowest BCUT2D eigenvalue weighted by Crippen LogP contribution is -2.28. The first kappa shape index (κ1) is 19.4. The van der Waals surface area contributed by atoms with Gasteiger partial charge in [-0.3, -0.25) is 9.59 Å². The van der Waals surface area contributed by atoms with E-state index in [-0.39, 0.29) is 18.1 Å². The minimum atomic E-state index is -0.696. The molecule has 2 aliphatic heterocycles. The standard InChI is InChI=1S/C24H19NO5S/c1-14-4-2-5-15(10-14)21-20(22(26)16-7-8-18-19(11-16)30-13-29-18)23(27)24(28)25(21)12-17-6-3-9-31-17/h2-11,21,26H,12-13H2,1H3/b22-20-. The lowest BCUT2D eigenvalue weighted by Gasteiger charge is -2.25. The zero-order chi connectivity index (χ0) is 21.5. The fraction of sp³-hybridized carbons (Fsp3) is 0.167. The Labute approximate surface area is 183 Å². The van der Waals surface area contributed by atoms with Crippen LogP contribution in [0.3, 0.4) is 0 Å². The van der Waals surface area contributed by atoms with Crippen molar-refractivity contribution in [1.82, 2.24) is 4.90 Å². The lowest BCUT2D eigenvalue weighted by atomic mass is 9.94. The van der Waals surface area contributed by atoms with Crippen molar-refractivity contribution in [2.45, 2.75) is 19.5 Å². The Morgan fingerprint density at radius 1 is 1.10 bits per heavy atom. The number of ketones is 1. The van der Waals surface area contributed by atoms with Crippen molar-refractivity contribution >= 4 is 28.8 Å². The first-order chi connectivity index (χ1) is 15.0. The van der Waals surface area contributed by atoms with E-state index in [1.54, 1.807) is 18.2 Å². The summed E-state index contributed by atoms with van der Waals surface area (Å²) in [5.74, 6) is -0.480. The van der Waals surface area contributed by atoms with Gasteiger partial charge in [0.2, 0.25) is 6.79 Å². The third-order valence-corrected chi connectivity index (χ3v) is 6.31. The van der Waals surface area contributed by atoms with Crippen molar-refractivity contribution in [3.8, 4) is 11.5 Å². The summed E-state index contributed by atoms with van der Waals surface area (Å²) in [6.07, 6.45) is 0. The number of likely N-dealkylation sites (tertiary alicyclic amines) is 1. The van der Waals surface area contributed by atoms with Gasteiger partial charge in [0.25, 0.3) is 11.7 Å². The highest BCUT2D eigenvalue weighted by Crippen LogP contribution is 2.42. The van der Waals surface area contributed by atoms with Crippen molar-refractivity contribution in [2.75, 3.05) is 6.79 Å². The van der Waals surface area contributed by atoms with Crippen LogP contribution in [0.5, 0.6) is 11.5 Å². The molecule has 3 aromatic rings. The van der Waals surface area contributed by atoms with Crippen LogP contribution in [0.25, 0.3) is 5.76 Å². The molecule has 0 bridgehead atoms. The van der Waals surface area contributed by atoms with Crippen molar-refractivity contribution in [1.29, 1.82) is 0 Å². The van der Waals surface area contributed by atoms with Crippen LogP contribution in [0.15, 0.2) is 65.6 Å². The van der Waals surface area contributed by atoms with Crippen LogP contribution in [0.4, 0.5) is 0 Å². The topological polar surface area (TPSA) is 76.1 Å². The number of aliphatic hydroxyl groups excluding tert-OH is 1. The number of carbonyl (C=O) groups is 2. The van der Waals surface area contributed by atoms with E-state index in [0.717, 1.165) is 16.0 Å². The average molecular weight is 433 g/mol.